The Hall–Kier alpha value is -2.66. The molecule has 0 unspecified atom stereocenters. The zero-order chi connectivity index (χ0) is 16.1. The number of rotatable bonds is 5. The van der Waals surface area contributed by atoms with Crippen LogP contribution in [0.2, 0.25) is 0 Å². The van der Waals surface area contributed by atoms with Crippen LogP contribution in [0.25, 0.3) is 11.1 Å². The molecule has 0 aliphatic rings. The summed E-state index contributed by atoms with van der Waals surface area (Å²) in [6, 6.07) is 14.0. The van der Waals surface area contributed by atoms with Crippen molar-refractivity contribution >= 4 is 11.9 Å². The van der Waals surface area contributed by atoms with Crippen molar-refractivity contribution in [1.29, 1.82) is 0 Å². The van der Waals surface area contributed by atoms with Crippen molar-refractivity contribution in [2.24, 2.45) is 5.73 Å². The lowest BCUT2D eigenvalue weighted by Gasteiger charge is -2.08. The molecular weight excluding hydrogens is 280 g/mol. The fourth-order valence-electron chi connectivity index (χ4n) is 2.13. The van der Waals surface area contributed by atoms with Gasteiger partial charge in [0.2, 0.25) is 0 Å². The van der Waals surface area contributed by atoms with E-state index in [9.17, 15) is 9.59 Å². The summed E-state index contributed by atoms with van der Waals surface area (Å²) in [5.74, 6) is -1.13. The second-order valence-corrected chi connectivity index (χ2v) is 5.00. The van der Waals surface area contributed by atoms with Gasteiger partial charge < -0.3 is 16.2 Å². The second-order valence-electron chi connectivity index (χ2n) is 5.00. The summed E-state index contributed by atoms with van der Waals surface area (Å²) < 4.78 is 0. The summed E-state index contributed by atoms with van der Waals surface area (Å²) in [7, 11) is 1.59. The summed E-state index contributed by atoms with van der Waals surface area (Å²) in [6.07, 6.45) is 0.297. The van der Waals surface area contributed by atoms with Crippen molar-refractivity contribution in [2.45, 2.75) is 12.5 Å². The quantitative estimate of drug-likeness (QED) is 0.783. The lowest BCUT2D eigenvalue weighted by Crippen LogP contribution is -2.32. The van der Waals surface area contributed by atoms with Crippen LogP contribution < -0.4 is 11.1 Å². The van der Waals surface area contributed by atoms with E-state index < -0.39 is 12.0 Å². The van der Waals surface area contributed by atoms with E-state index in [4.69, 9.17) is 10.8 Å². The number of hydrogen-bond acceptors (Lipinski definition) is 3. The molecule has 0 heterocycles. The number of benzene rings is 2. The number of nitrogens with one attached hydrogen (secondary N) is 1. The van der Waals surface area contributed by atoms with Crippen LogP contribution in [-0.2, 0) is 11.2 Å². The predicted octanol–water partition coefficient (Wildman–Crippen LogP) is 1.67. The smallest absolute Gasteiger partial charge is 0.320 e. The molecule has 5 heteroatoms. The van der Waals surface area contributed by atoms with Crippen LogP contribution in [0.3, 0.4) is 0 Å². The maximum atomic E-state index is 11.5. The van der Waals surface area contributed by atoms with Crippen LogP contribution in [0.5, 0.6) is 0 Å². The topological polar surface area (TPSA) is 92.4 Å². The second kappa shape index (κ2) is 6.87. The largest absolute Gasteiger partial charge is 0.480 e. The van der Waals surface area contributed by atoms with Gasteiger partial charge >= 0.3 is 5.97 Å². The lowest BCUT2D eigenvalue weighted by molar-refractivity contribution is -0.138. The van der Waals surface area contributed by atoms with E-state index >= 15 is 0 Å². The molecular formula is C17H18N2O3. The van der Waals surface area contributed by atoms with Crippen molar-refractivity contribution in [3.63, 3.8) is 0 Å². The molecule has 0 spiro atoms. The highest BCUT2D eigenvalue weighted by Gasteiger charge is 2.12. The molecule has 0 saturated heterocycles. The molecule has 1 atom stereocenters. The van der Waals surface area contributed by atoms with Gasteiger partial charge in [-0.05, 0) is 35.2 Å². The summed E-state index contributed by atoms with van der Waals surface area (Å²) in [5.41, 5.74) is 8.98. The summed E-state index contributed by atoms with van der Waals surface area (Å²) in [6.45, 7) is 0. The third-order valence-corrected chi connectivity index (χ3v) is 3.43. The van der Waals surface area contributed by atoms with Crippen LogP contribution in [0, 0.1) is 0 Å². The molecule has 22 heavy (non-hydrogen) atoms. The normalized spacial score (nSPS) is 11.7. The molecule has 0 aliphatic heterocycles. The van der Waals surface area contributed by atoms with E-state index in [0.717, 1.165) is 16.7 Å². The number of carbonyl (C=O) groups is 2. The third kappa shape index (κ3) is 3.71. The Kier molecular flexibility index (Phi) is 4.91. The van der Waals surface area contributed by atoms with Gasteiger partial charge in [-0.15, -0.1) is 0 Å². The minimum absolute atomic E-state index is 0.121. The lowest BCUT2D eigenvalue weighted by atomic mass is 10.00. The van der Waals surface area contributed by atoms with Crippen molar-refractivity contribution < 1.29 is 14.7 Å². The van der Waals surface area contributed by atoms with Gasteiger partial charge in [-0.2, -0.15) is 0 Å². The Bertz CT molecular complexity index is 663. The Morgan fingerprint density at radius 2 is 1.55 bits per heavy atom. The minimum Gasteiger partial charge on any atom is -0.480 e. The Morgan fingerprint density at radius 1 is 1.05 bits per heavy atom. The van der Waals surface area contributed by atoms with E-state index in [1.54, 1.807) is 19.2 Å². The van der Waals surface area contributed by atoms with Gasteiger partial charge in [-0.3, -0.25) is 9.59 Å². The molecule has 114 valence electrons. The average Bonchev–Trinajstić information content (AvgIpc) is 2.55. The molecule has 5 nitrogen and oxygen atoms in total. The van der Waals surface area contributed by atoms with Crippen LogP contribution >= 0.6 is 0 Å². The molecule has 2 rings (SSSR count). The SMILES string of the molecule is CNC(=O)c1ccc(-c2ccc(C[C@H](N)C(=O)O)cc2)cc1. The zero-order valence-electron chi connectivity index (χ0n) is 12.2. The number of amides is 1. The van der Waals surface area contributed by atoms with Crippen LogP contribution in [0.1, 0.15) is 15.9 Å². The van der Waals surface area contributed by atoms with Gasteiger partial charge in [-0.1, -0.05) is 36.4 Å². The molecule has 0 bridgehead atoms. The molecule has 0 aliphatic carbocycles. The van der Waals surface area contributed by atoms with Gasteiger partial charge in [0.1, 0.15) is 6.04 Å². The van der Waals surface area contributed by atoms with Crippen molar-refractivity contribution in [2.75, 3.05) is 7.05 Å². The first kappa shape index (κ1) is 15.7. The van der Waals surface area contributed by atoms with E-state index in [1.165, 1.54) is 0 Å². The summed E-state index contributed by atoms with van der Waals surface area (Å²) >= 11 is 0. The Morgan fingerprint density at radius 3 is 2.00 bits per heavy atom. The standard InChI is InChI=1S/C17H18N2O3/c1-19-16(20)14-8-6-13(7-9-14)12-4-2-11(3-5-12)10-15(18)17(21)22/h2-9,15H,10,18H2,1H3,(H,19,20)(H,21,22)/t15-/m0/s1. The molecule has 4 N–H and O–H groups in total. The molecule has 2 aromatic rings. The number of carboxylic acids is 1. The molecule has 0 aromatic heterocycles. The van der Waals surface area contributed by atoms with E-state index in [2.05, 4.69) is 5.32 Å². The number of carboxylic acid groups (broad SMARTS) is 1. The van der Waals surface area contributed by atoms with Gasteiger partial charge in [-0.25, -0.2) is 0 Å². The van der Waals surface area contributed by atoms with Gasteiger partial charge in [0.25, 0.3) is 5.91 Å². The maximum absolute atomic E-state index is 11.5. The van der Waals surface area contributed by atoms with Gasteiger partial charge in [0.05, 0.1) is 0 Å². The predicted molar refractivity (Wildman–Crippen MR) is 84.6 cm³/mol. The number of aliphatic carboxylic acids is 1. The monoisotopic (exact) mass is 298 g/mol. The van der Waals surface area contributed by atoms with Crippen LogP contribution in [0.15, 0.2) is 48.5 Å². The molecule has 0 radical (unpaired) electrons. The Labute approximate surface area is 128 Å². The average molecular weight is 298 g/mol. The van der Waals surface area contributed by atoms with Crippen LogP contribution in [-0.4, -0.2) is 30.1 Å². The zero-order valence-corrected chi connectivity index (χ0v) is 12.2. The van der Waals surface area contributed by atoms with Crippen molar-refractivity contribution in [3.05, 3.63) is 59.7 Å². The van der Waals surface area contributed by atoms with E-state index in [1.807, 2.05) is 36.4 Å². The first-order chi connectivity index (χ1) is 10.5. The minimum atomic E-state index is -1.01. The number of hydrogen-bond donors (Lipinski definition) is 3. The summed E-state index contributed by atoms with van der Waals surface area (Å²) in [4.78, 5) is 22.2. The van der Waals surface area contributed by atoms with Gasteiger partial charge in [0, 0.05) is 12.6 Å². The number of nitrogens with two attached hydrogens (primary N) is 1. The number of carbonyl (C=O) groups excluding carboxylic acids is 1. The molecule has 0 fully saturated rings. The third-order valence-electron chi connectivity index (χ3n) is 3.43. The fraction of sp³-hybridized carbons (Fsp3) is 0.176. The first-order valence-electron chi connectivity index (χ1n) is 6.91. The Balaban J connectivity index is 2.13. The maximum Gasteiger partial charge on any atom is 0.320 e. The highest BCUT2D eigenvalue weighted by Crippen LogP contribution is 2.20. The molecule has 2 aromatic carbocycles. The van der Waals surface area contributed by atoms with E-state index in [0.29, 0.717) is 12.0 Å². The first-order valence-corrected chi connectivity index (χ1v) is 6.91. The molecule has 0 saturated carbocycles. The molecule has 1 amide bonds. The highest BCUT2D eigenvalue weighted by molar-refractivity contribution is 5.94. The van der Waals surface area contributed by atoms with Crippen molar-refractivity contribution in [1.82, 2.24) is 5.32 Å². The van der Waals surface area contributed by atoms with Gasteiger partial charge in [0.15, 0.2) is 0 Å². The highest BCUT2D eigenvalue weighted by atomic mass is 16.4. The van der Waals surface area contributed by atoms with E-state index in [-0.39, 0.29) is 5.91 Å². The fourth-order valence-corrected chi connectivity index (χ4v) is 2.13. The summed E-state index contributed by atoms with van der Waals surface area (Å²) in [5, 5.41) is 11.4. The van der Waals surface area contributed by atoms with Crippen molar-refractivity contribution in [3.8, 4) is 11.1 Å². The van der Waals surface area contributed by atoms with Crippen LogP contribution in [0.4, 0.5) is 0 Å².